The van der Waals surface area contributed by atoms with E-state index in [0.29, 0.717) is 37.4 Å². The van der Waals surface area contributed by atoms with Gasteiger partial charge >= 0.3 is 0 Å². The first-order chi connectivity index (χ1) is 11.1. The van der Waals surface area contributed by atoms with Gasteiger partial charge in [-0.15, -0.1) is 0 Å². The molecule has 1 heterocycles. The van der Waals surface area contributed by atoms with Crippen LogP contribution in [0.5, 0.6) is 5.75 Å². The maximum atomic E-state index is 12.3. The van der Waals surface area contributed by atoms with Crippen LogP contribution in [0.2, 0.25) is 0 Å². The minimum Gasteiger partial charge on any atom is -0.491 e. The van der Waals surface area contributed by atoms with E-state index in [1.807, 2.05) is 0 Å². The summed E-state index contributed by atoms with van der Waals surface area (Å²) in [6.07, 6.45) is 3.08. The summed E-state index contributed by atoms with van der Waals surface area (Å²) < 4.78 is 60.7. The van der Waals surface area contributed by atoms with Gasteiger partial charge in [-0.3, -0.25) is 4.18 Å². The monoisotopic (exact) mass is 378 g/mol. The molecule has 1 aromatic carbocycles. The van der Waals surface area contributed by atoms with Crippen LogP contribution in [-0.2, 0) is 33.6 Å². The second-order valence-electron chi connectivity index (χ2n) is 5.78. The van der Waals surface area contributed by atoms with Crippen molar-refractivity contribution in [3.05, 3.63) is 29.8 Å². The Kier molecular flexibility index (Phi) is 5.90. The topological polar surface area (TPSA) is 96.0 Å². The third-order valence-electron chi connectivity index (χ3n) is 4.04. The number of rotatable bonds is 7. The van der Waals surface area contributed by atoms with Crippen LogP contribution >= 0.6 is 0 Å². The Morgan fingerprint density at radius 1 is 1.00 bits per heavy atom. The van der Waals surface area contributed by atoms with Gasteiger partial charge in [0.2, 0.25) is 0 Å². The molecule has 0 bridgehead atoms. The van der Waals surface area contributed by atoms with Crippen LogP contribution in [0.4, 0.5) is 0 Å². The first-order valence-corrected chi connectivity index (χ1v) is 11.2. The standard InChI is InChI=1S/C15H22O7S2/c1-23(16,17)15(7-9-20-10-8-15)13-3-5-14(6-4-13)21-11-12-22-24(2,18)19/h3-6H,7-12H2,1-2H3. The summed E-state index contributed by atoms with van der Waals surface area (Å²) in [5.41, 5.74) is 0.716. The lowest BCUT2D eigenvalue weighted by Crippen LogP contribution is -2.40. The van der Waals surface area contributed by atoms with Crippen LogP contribution in [0.15, 0.2) is 24.3 Å². The summed E-state index contributed by atoms with van der Waals surface area (Å²) in [4.78, 5) is 0. The molecule has 0 unspecified atom stereocenters. The first-order valence-electron chi connectivity index (χ1n) is 7.49. The van der Waals surface area contributed by atoms with Gasteiger partial charge < -0.3 is 9.47 Å². The molecule has 1 fully saturated rings. The van der Waals surface area contributed by atoms with E-state index < -0.39 is 24.7 Å². The van der Waals surface area contributed by atoms with Gasteiger partial charge in [0.25, 0.3) is 10.1 Å². The number of hydrogen-bond donors (Lipinski definition) is 0. The van der Waals surface area contributed by atoms with Gasteiger partial charge in [0.05, 0.1) is 6.26 Å². The highest BCUT2D eigenvalue weighted by atomic mass is 32.2. The fourth-order valence-electron chi connectivity index (χ4n) is 2.77. The Hall–Kier alpha value is -1.16. The van der Waals surface area contributed by atoms with Crippen LogP contribution in [0.25, 0.3) is 0 Å². The van der Waals surface area contributed by atoms with Crippen LogP contribution in [-0.4, -0.2) is 55.8 Å². The summed E-state index contributed by atoms with van der Waals surface area (Å²) in [7, 11) is -6.78. The lowest BCUT2D eigenvalue weighted by molar-refractivity contribution is 0.0742. The second-order valence-corrected chi connectivity index (χ2v) is 9.75. The molecule has 1 aromatic rings. The van der Waals surface area contributed by atoms with Crippen molar-refractivity contribution in [1.82, 2.24) is 0 Å². The molecule has 24 heavy (non-hydrogen) atoms. The van der Waals surface area contributed by atoms with Crippen LogP contribution in [0.1, 0.15) is 18.4 Å². The summed E-state index contributed by atoms with van der Waals surface area (Å²) in [6.45, 7) is 0.824. The molecule has 0 saturated carbocycles. The Morgan fingerprint density at radius 2 is 1.58 bits per heavy atom. The Balaban J connectivity index is 2.07. The largest absolute Gasteiger partial charge is 0.491 e. The molecule has 1 saturated heterocycles. The normalized spacial score (nSPS) is 18.2. The van der Waals surface area contributed by atoms with Gasteiger partial charge in [0.1, 0.15) is 23.7 Å². The van der Waals surface area contributed by atoms with Crippen molar-refractivity contribution in [3.8, 4) is 5.75 Å². The molecule has 0 aromatic heterocycles. The molecule has 7 nitrogen and oxygen atoms in total. The van der Waals surface area contributed by atoms with Gasteiger partial charge in [-0.1, -0.05) is 12.1 Å². The van der Waals surface area contributed by atoms with Crippen molar-refractivity contribution in [2.45, 2.75) is 17.6 Å². The number of sulfone groups is 1. The van der Waals surface area contributed by atoms with Crippen LogP contribution < -0.4 is 4.74 Å². The molecule has 0 N–H and O–H groups in total. The molecule has 1 aliphatic rings. The summed E-state index contributed by atoms with van der Waals surface area (Å²) >= 11 is 0. The predicted octanol–water partition coefficient (Wildman–Crippen LogP) is 1.09. The number of hydrogen-bond acceptors (Lipinski definition) is 7. The summed E-state index contributed by atoms with van der Waals surface area (Å²) in [5.74, 6) is 0.520. The molecule has 136 valence electrons. The highest BCUT2D eigenvalue weighted by Crippen LogP contribution is 2.40. The molecule has 0 spiro atoms. The summed E-state index contributed by atoms with van der Waals surface area (Å²) in [5, 5.41) is 0. The minimum absolute atomic E-state index is 0.0782. The molecule has 0 amide bonds. The molecule has 0 atom stereocenters. The number of ether oxygens (including phenoxy) is 2. The highest BCUT2D eigenvalue weighted by molar-refractivity contribution is 7.91. The first kappa shape index (κ1) is 19.2. The Bertz CT molecular complexity index is 746. The van der Waals surface area contributed by atoms with Crippen LogP contribution in [0.3, 0.4) is 0 Å². The average molecular weight is 378 g/mol. The highest BCUT2D eigenvalue weighted by Gasteiger charge is 2.43. The SMILES string of the molecule is CS(=O)(=O)OCCOc1ccc(C2(S(C)(=O)=O)CCOCC2)cc1. The average Bonchev–Trinajstić information content (AvgIpc) is 2.51. The Morgan fingerprint density at radius 3 is 2.08 bits per heavy atom. The molecular formula is C15H22O7S2. The van der Waals surface area contributed by atoms with Crippen molar-refractivity contribution < 1.29 is 30.5 Å². The zero-order chi connectivity index (χ0) is 17.8. The van der Waals surface area contributed by atoms with E-state index in [1.165, 1.54) is 6.26 Å². The molecule has 2 rings (SSSR count). The van der Waals surface area contributed by atoms with Gasteiger partial charge in [0, 0.05) is 19.5 Å². The van der Waals surface area contributed by atoms with Gasteiger partial charge in [-0.2, -0.15) is 8.42 Å². The third-order valence-corrected chi connectivity index (χ3v) is 6.70. The smallest absolute Gasteiger partial charge is 0.264 e. The second kappa shape index (κ2) is 7.38. The predicted molar refractivity (Wildman–Crippen MR) is 89.3 cm³/mol. The van der Waals surface area contributed by atoms with E-state index in [1.54, 1.807) is 24.3 Å². The third kappa shape index (κ3) is 4.69. The van der Waals surface area contributed by atoms with E-state index in [9.17, 15) is 16.8 Å². The summed E-state index contributed by atoms with van der Waals surface area (Å²) in [6, 6.07) is 6.83. The molecule has 0 aliphatic carbocycles. The molecule has 9 heteroatoms. The van der Waals surface area contributed by atoms with E-state index in [4.69, 9.17) is 9.47 Å². The van der Waals surface area contributed by atoms with Crippen molar-refractivity contribution in [2.24, 2.45) is 0 Å². The Labute approximate surface area is 143 Å². The molecular weight excluding hydrogens is 356 g/mol. The lowest BCUT2D eigenvalue weighted by atomic mass is 9.90. The van der Waals surface area contributed by atoms with Crippen molar-refractivity contribution in [3.63, 3.8) is 0 Å². The maximum absolute atomic E-state index is 12.3. The maximum Gasteiger partial charge on any atom is 0.264 e. The zero-order valence-electron chi connectivity index (χ0n) is 13.7. The van der Waals surface area contributed by atoms with Gasteiger partial charge in [0.15, 0.2) is 9.84 Å². The van der Waals surface area contributed by atoms with E-state index >= 15 is 0 Å². The van der Waals surface area contributed by atoms with Gasteiger partial charge in [-0.25, -0.2) is 8.42 Å². The van der Waals surface area contributed by atoms with Crippen molar-refractivity contribution in [1.29, 1.82) is 0 Å². The molecule has 1 aliphatic heterocycles. The van der Waals surface area contributed by atoms with E-state index in [2.05, 4.69) is 4.18 Å². The van der Waals surface area contributed by atoms with Crippen molar-refractivity contribution in [2.75, 3.05) is 38.9 Å². The number of benzene rings is 1. The van der Waals surface area contributed by atoms with Crippen LogP contribution in [0, 0.1) is 0 Å². The fourth-order valence-corrected chi connectivity index (χ4v) is 4.62. The quantitative estimate of drug-likeness (QED) is 0.518. The minimum atomic E-state index is -3.48. The fraction of sp³-hybridized carbons (Fsp3) is 0.600. The van der Waals surface area contributed by atoms with Crippen molar-refractivity contribution >= 4 is 20.0 Å². The zero-order valence-corrected chi connectivity index (χ0v) is 15.4. The molecule has 0 radical (unpaired) electrons. The lowest BCUT2D eigenvalue weighted by Gasteiger charge is -2.35. The van der Waals surface area contributed by atoms with E-state index in [-0.39, 0.29) is 13.2 Å². The van der Waals surface area contributed by atoms with Gasteiger partial charge in [-0.05, 0) is 30.5 Å². The van der Waals surface area contributed by atoms with E-state index in [0.717, 1.165) is 6.26 Å².